The first-order valence-electron chi connectivity index (χ1n) is 16.1. The zero-order valence-corrected chi connectivity index (χ0v) is 32.5. The van der Waals surface area contributed by atoms with E-state index in [1.54, 1.807) is 24.3 Å². The van der Waals surface area contributed by atoms with E-state index in [9.17, 15) is 26.3 Å². The molecule has 0 saturated heterocycles. The molecule has 0 saturated carbocycles. The molecule has 0 heterocycles. The Labute approximate surface area is 315 Å². The molecule has 1 atom stereocenters. The fourth-order valence-corrected chi connectivity index (χ4v) is 15.3. The summed E-state index contributed by atoms with van der Waals surface area (Å²) in [5.74, 6) is -0.0607. The minimum absolute atomic E-state index is 0. The van der Waals surface area contributed by atoms with Crippen LogP contribution in [0.3, 0.4) is 0 Å². The van der Waals surface area contributed by atoms with Gasteiger partial charge in [-0.15, -0.1) is 0 Å². The summed E-state index contributed by atoms with van der Waals surface area (Å²) in [5.41, 5.74) is 5.89. The average molecular weight is 817 g/mol. The van der Waals surface area contributed by atoms with Gasteiger partial charge in [0.25, 0.3) is 0 Å². The maximum Gasteiger partial charge on any atom is -1.00 e. The maximum atomic E-state index is 14.2. The quantitative estimate of drug-likeness (QED) is 0.196. The van der Waals surface area contributed by atoms with Gasteiger partial charge in [-0.25, -0.2) is 0 Å². The number of allylic oxidation sites excluding steroid dienone is 4. The summed E-state index contributed by atoms with van der Waals surface area (Å²) in [5, 5.41) is 0. The van der Waals surface area contributed by atoms with E-state index in [1.807, 2.05) is 6.07 Å². The Hall–Kier alpha value is -3.25. The molecule has 1 unspecified atom stereocenters. The first-order chi connectivity index (χ1) is 23.0. The van der Waals surface area contributed by atoms with E-state index in [0.717, 1.165) is 69.8 Å². The average Bonchev–Trinajstić information content (AvgIpc) is 3.62. The van der Waals surface area contributed by atoms with Gasteiger partial charge >= 0.3 is 293 Å². The normalized spacial score (nSPS) is 14.9. The van der Waals surface area contributed by atoms with Gasteiger partial charge in [-0.3, -0.25) is 0 Å². The second kappa shape index (κ2) is 15.0. The second-order valence-corrected chi connectivity index (χ2v) is 19.6. The molecule has 9 heteroatoms. The Morgan fingerprint density at radius 1 is 0.725 bits per heavy atom. The van der Waals surface area contributed by atoms with Crippen LogP contribution in [-0.2, 0) is 40.0 Å². The molecule has 4 aromatic carbocycles. The fraction of sp³-hybridized carbons (Fsp3) is 0.214. The second-order valence-electron chi connectivity index (χ2n) is 13.8. The van der Waals surface area contributed by atoms with Crippen molar-refractivity contribution in [2.24, 2.45) is 11.3 Å². The SMILES string of the molecule is C=Cc1ccc2c(c1)-c1cc(C=C)c[c]([Zr+2]([C]3=CC(C(C)(C)C)=CC3C)=[C](c3cccc(C(F)(F)F)c3)c3cccc(C(F)(F)F)c3)c1C2.[Cl-].[Cl-]. The van der Waals surface area contributed by atoms with E-state index in [2.05, 4.69) is 77.3 Å². The van der Waals surface area contributed by atoms with Crippen molar-refractivity contribution < 1.29 is 72.4 Å². The van der Waals surface area contributed by atoms with Gasteiger partial charge in [-0.2, -0.15) is 0 Å². The summed E-state index contributed by atoms with van der Waals surface area (Å²) in [6.45, 7) is 16.4. The van der Waals surface area contributed by atoms with Gasteiger partial charge in [0.05, 0.1) is 0 Å². The molecule has 0 spiro atoms. The summed E-state index contributed by atoms with van der Waals surface area (Å²) in [6.07, 6.45) is -0.713. The predicted molar refractivity (Wildman–Crippen MR) is 185 cm³/mol. The van der Waals surface area contributed by atoms with Crippen LogP contribution in [0.4, 0.5) is 26.3 Å². The molecule has 0 nitrogen and oxygen atoms in total. The van der Waals surface area contributed by atoms with Crippen LogP contribution < -0.4 is 28.1 Å². The Balaban J connectivity index is 0.00000292. The molecule has 0 fully saturated rings. The van der Waals surface area contributed by atoms with Crippen molar-refractivity contribution in [2.75, 3.05) is 0 Å². The molecule has 4 aromatic rings. The van der Waals surface area contributed by atoms with Crippen molar-refractivity contribution in [1.82, 2.24) is 0 Å². The van der Waals surface area contributed by atoms with Gasteiger partial charge in [-0.1, -0.05) is 0 Å². The summed E-state index contributed by atoms with van der Waals surface area (Å²) in [6, 6.07) is 20.5. The fourth-order valence-electron chi connectivity index (χ4n) is 6.85. The van der Waals surface area contributed by atoms with E-state index in [1.165, 1.54) is 12.1 Å². The molecule has 0 aliphatic heterocycles. The smallest absolute Gasteiger partial charge is 1.00 e. The predicted octanol–water partition coefficient (Wildman–Crippen LogP) is 5.61. The van der Waals surface area contributed by atoms with Crippen LogP contribution in [0.2, 0.25) is 0 Å². The van der Waals surface area contributed by atoms with Crippen molar-refractivity contribution in [3.63, 3.8) is 0 Å². The van der Waals surface area contributed by atoms with E-state index < -0.39 is 44.7 Å². The molecule has 0 amide bonds. The van der Waals surface area contributed by atoms with Gasteiger partial charge in [0.2, 0.25) is 0 Å². The largest absolute Gasteiger partial charge is 1.00 e. The molecule has 0 radical (unpaired) electrons. The van der Waals surface area contributed by atoms with Crippen LogP contribution in [0, 0.1) is 11.3 Å². The van der Waals surface area contributed by atoms with E-state index in [0.29, 0.717) is 20.8 Å². The number of alkyl halides is 6. The summed E-state index contributed by atoms with van der Waals surface area (Å²) in [7, 11) is 0. The van der Waals surface area contributed by atoms with Gasteiger partial charge in [0.15, 0.2) is 0 Å². The van der Waals surface area contributed by atoms with Crippen LogP contribution in [0.25, 0.3) is 23.3 Å². The first-order valence-corrected chi connectivity index (χ1v) is 19.8. The number of halogens is 8. The molecule has 0 bridgehead atoms. The Bertz CT molecular complexity index is 2050. The summed E-state index contributed by atoms with van der Waals surface area (Å²) >= 11 is -3.74. The van der Waals surface area contributed by atoms with Crippen LogP contribution in [-0.4, -0.2) is 3.21 Å². The summed E-state index contributed by atoms with van der Waals surface area (Å²) in [4.78, 5) is 0. The molecule has 0 aromatic heterocycles. The molecule has 2 aliphatic carbocycles. The van der Waals surface area contributed by atoms with E-state index in [4.69, 9.17) is 0 Å². The third-order valence-electron chi connectivity index (χ3n) is 9.40. The number of benzene rings is 4. The zero-order chi connectivity index (χ0) is 35.5. The van der Waals surface area contributed by atoms with Crippen molar-refractivity contribution in [1.29, 1.82) is 0 Å². The van der Waals surface area contributed by atoms with Gasteiger partial charge < -0.3 is 24.8 Å². The third-order valence-corrected chi connectivity index (χ3v) is 17.4. The van der Waals surface area contributed by atoms with Crippen molar-refractivity contribution in [3.8, 4) is 11.1 Å². The minimum atomic E-state index is -4.63. The molecular formula is C42H36Cl2F6Zr. The summed E-state index contributed by atoms with van der Waals surface area (Å²) < 4.78 is 88.1. The Kier molecular flexibility index (Phi) is 11.9. The molecule has 0 N–H and O–H groups in total. The van der Waals surface area contributed by atoms with Crippen molar-refractivity contribution >= 4 is 18.6 Å². The van der Waals surface area contributed by atoms with Crippen LogP contribution in [0.5, 0.6) is 0 Å². The molecule has 264 valence electrons. The van der Waals surface area contributed by atoms with E-state index >= 15 is 0 Å². The van der Waals surface area contributed by atoms with Gasteiger partial charge in [0.1, 0.15) is 0 Å². The monoisotopic (exact) mass is 814 g/mol. The first kappa shape index (κ1) is 40.5. The molecular weight excluding hydrogens is 781 g/mol. The number of fused-ring (bicyclic) bond motifs is 3. The van der Waals surface area contributed by atoms with Crippen LogP contribution in [0.1, 0.15) is 72.2 Å². The van der Waals surface area contributed by atoms with Crippen molar-refractivity contribution in [2.45, 2.75) is 46.5 Å². The number of rotatable bonds is 6. The number of hydrogen-bond acceptors (Lipinski definition) is 0. The standard InChI is InChI=1S/C17H13.C15H8F6.C10H15.2ClH.Zr/c1-3-12-5-7-14-11-15-8-6-13(4-2)10-17(15)16(14)9-12;16-14(17,18)12-5-1-3-10(8-12)7-11-4-2-6-13(9-11)15(19,20)21;1-8-5-6-9(7-8)10(2,3)4;;;/h3-7,9-10H,1-2,11H2;1-6,8-9H;6-8H,1-4H3;2*1H;/q;;;;;+2/p-2. The Morgan fingerprint density at radius 3 is 1.76 bits per heavy atom. The Morgan fingerprint density at radius 2 is 1.27 bits per heavy atom. The maximum absolute atomic E-state index is 14.2. The topological polar surface area (TPSA) is 0 Å². The van der Waals surface area contributed by atoms with Crippen LogP contribution >= 0.6 is 0 Å². The third kappa shape index (κ3) is 8.06. The van der Waals surface area contributed by atoms with Gasteiger partial charge in [0, 0.05) is 0 Å². The van der Waals surface area contributed by atoms with Gasteiger partial charge in [-0.05, 0) is 0 Å². The zero-order valence-electron chi connectivity index (χ0n) is 28.5. The van der Waals surface area contributed by atoms with Crippen molar-refractivity contribution in [3.05, 3.63) is 158 Å². The van der Waals surface area contributed by atoms with Crippen LogP contribution in [0.15, 0.2) is 113 Å². The molecule has 51 heavy (non-hydrogen) atoms. The minimum Gasteiger partial charge on any atom is -1.00 e. The molecule has 2 aliphatic rings. The number of hydrogen-bond donors (Lipinski definition) is 0. The van der Waals surface area contributed by atoms with E-state index in [-0.39, 0.29) is 36.1 Å². The molecule has 6 rings (SSSR count).